The summed E-state index contributed by atoms with van der Waals surface area (Å²) in [7, 11) is 4.04. The standard InChI is InChI=1S/C19H27N3/c1-14(2)15-7-9-20-17(11-15)13-19(3,4)16-8-10-21-18(12-16)22(5)6/h7-12,14H,13H2,1-6H3. The number of nitrogens with zero attached hydrogens (tertiary/aromatic N) is 3. The summed E-state index contributed by atoms with van der Waals surface area (Å²) in [5.74, 6) is 1.53. The lowest BCUT2D eigenvalue weighted by Crippen LogP contribution is -2.22. The summed E-state index contributed by atoms with van der Waals surface area (Å²) in [6.07, 6.45) is 4.74. The van der Waals surface area contributed by atoms with Gasteiger partial charge in [0.25, 0.3) is 0 Å². The summed E-state index contributed by atoms with van der Waals surface area (Å²) in [5.41, 5.74) is 3.82. The van der Waals surface area contributed by atoms with Gasteiger partial charge in [-0.25, -0.2) is 4.98 Å². The van der Waals surface area contributed by atoms with Crippen LogP contribution in [0.1, 0.15) is 50.4 Å². The summed E-state index contributed by atoms with van der Waals surface area (Å²) in [6.45, 7) is 8.98. The van der Waals surface area contributed by atoms with Gasteiger partial charge in [0.05, 0.1) is 0 Å². The molecule has 0 saturated heterocycles. The number of aromatic nitrogens is 2. The van der Waals surface area contributed by atoms with Gasteiger partial charge in [0, 0.05) is 32.2 Å². The van der Waals surface area contributed by atoms with Crippen LogP contribution >= 0.6 is 0 Å². The molecule has 0 aliphatic rings. The molecule has 0 unspecified atom stereocenters. The Morgan fingerprint density at radius 3 is 2.36 bits per heavy atom. The lowest BCUT2D eigenvalue weighted by Gasteiger charge is -2.26. The highest BCUT2D eigenvalue weighted by Crippen LogP contribution is 2.29. The predicted octanol–water partition coefficient (Wildman–Crippen LogP) is 4.19. The van der Waals surface area contributed by atoms with E-state index in [9.17, 15) is 0 Å². The van der Waals surface area contributed by atoms with Crippen LogP contribution in [-0.2, 0) is 11.8 Å². The van der Waals surface area contributed by atoms with Crippen molar-refractivity contribution in [1.29, 1.82) is 0 Å². The molecule has 0 aliphatic carbocycles. The fourth-order valence-corrected chi connectivity index (χ4v) is 2.59. The molecule has 0 amide bonds. The zero-order valence-corrected chi connectivity index (χ0v) is 14.6. The van der Waals surface area contributed by atoms with Crippen LogP contribution in [0, 0.1) is 0 Å². The second-order valence-corrected chi connectivity index (χ2v) is 7.09. The molecule has 0 radical (unpaired) electrons. The van der Waals surface area contributed by atoms with Crippen LogP contribution in [0.15, 0.2) is 36.7 Å². The van der Waals surface area contributed by atoms with Gasteiger partial charge in [-0.15, -0.1) is 0 Å². The van der Waals surface area contributed by atoms with Gasteiger partial charge in [0.2, 0.25) is 0 Å². The van der Waals surface area contributed by atoms with Crippen molar-refractivity contribution in [2.24, 2.45) is 0 Å². The van der Waals surface area contributed by atoms with Crippen LogP contribution in [0.3, 0.4) is 0 Å². The minimum atomic E-state index is 0.0241. The Balaban J connectivity index is 2.27. The number of pyridine rings is 2. The van der Waals surface area contributed by atoms with E-state index < -0.39 is 0 Å². The quantitative estimate of drug-likeness (QED) is 0.828. The SMILES string of the molecule is CC(C)c1ccnc(CC(C)(C)c2ccnc(N(C)C)c2)c1. The molecule has 0 aromatic carbocycles. The van der Waals surface area contributed by atoms with Crippen molar-refractivity contribution in [1.82, 2.24) is 9.97 Å². The van der Waals surface area contributed by atoms with Gasteiger partial charge in [0.1, 0.15) is 5.82 Å². The molecule has 0 saturated carbocycles. The Hall–Kier alpha value is -1.90. The van der Waals surface area contributed by atoms with E-state index in [-0.39, 0.29) is 5.41 Å². The number of hydrogen-bond acceptors (Lipinski definition) is 3. The van der Waals surface area contributed by atoms with Crippen molar-refractivity contribution >= 4 is 5.82 Å². The van der Waals surface area contributed by atoms with Crippen molar-refractivity contribution in [3.63, 3.8) is 0 Å². The zero-order valence-electron chi connectivity index (χ0n) is 14.6. The molecule has 0 aliphatic heterocycles. The maximum atomic E-state index is 4.56. The average molecular weight is 297 g/mol. The highest BCUT2D eigenvalue weighted by Gasteiger charge is 2.23. The van der Waals surface area contributed by atoms with Crippen molar-refractivity contribution in [2.45, 2.75) is 45.4 Å². The van der Waals surface area contributed by atoms with Gasteiger partial charge in [-0.2, -0.15) is 0 Å². The van der Waals surface area contributed by atoms with E-state index >= 15 is 0 Å². The molecule has 22 heavy (non-hydrogen) atoms. The molecule has 0 bridgehead atoms. The second kappa shape index (κ2) is 6.47. The summed E-state index contributed by atoms with van der Waals surface area (Å²) in [5, 5.41) is 0. The van der Waals surface area contributed by atoms with Gasteiger partial charge < -0.3 is 4.90 Å². The Morgan fingerprint density at radius 1 is 1.05 bits per heavy atom. The maximum absolute atomic E-state index is 4.56. The number of anilines is 1. The minimum absolute atomic E-state index is 0.0241. The van der Waals surface area contributed by atoms with E-state index in [2.05, 4.69) is 61.9 Å². The first-order chi connectivity index (χ1) is 10.3. The molecule has 3 nitrogen and oxygen atoms in total. The van der Waals surface area contributed by atoms with E-state index in [1.807, 2.05) is 31.4 Å². The summed E-state index contributed by atoms with van der Waals surface area (Å²) < 4.78 is 0. The van der Waals surface area contributed by atoms with E-state index in [0.717, 1.165) is 17.9 Å². The van der Waals surface area contributed by atoms with Crippen molar-refractivity contribution < 1.29 is 0 Å². The molecule has 2 rings (SSSR count). The fraction of sp³-hybridized carbons (Fsp3) is 0.474. The first-order valence-corrected chi connectivity index (χ1v) is 7.88. The predicted molar refractivity (Wildman–Crippen MR) is 93.6 cm³/mol. The number of hydrogen-bond donors (Lipinski definition) is 0. The van der Waals surface area contributed by atoms with E-state index in [1.54, 1.807) is 0 Å². The Bertz CT molecular complexity index is 630. The molecule has 0 N–H and O–H groups in total. The highest BCUT2D eigenvalue weighted by molar-refractivity contribution is 5.42. The smallest absolute Gasteiger partial charge is 0.128 e. The van der Waals surface area contributed by atoms with Crippen LogP contribution in [-0.4, -0.2) is 24.1 Å². The minimum Gasteiger partial charge on any atom is -0.363 e. The van der Waals surface area contributed by atoms with Gasteiger partial charge in [-0.3, -0.25) is 4.98 Å². The van der Waals surface area contributed by atoms with E-state index in [1.165, 1.54) is 11.1 Å². The topological polar surface area (TPSA) is 29.0 Å². The van der Waals surface area contributed by atoms with Crippen molar-refractivity contribution in [2.75, 3.05) is 19.0 Å². The van der Waals surface area contributed by atoms with Crippen LogP contribution < -0.4 is 4.90 Å². The first-order valence-electron chi connectivity index (χ1n) is 7.88. The Morgan fingerprint density at radius 2 is 1.73 bits per heavy atom. The summed E-state index contributed by atoms with van der Waals surface area (Å²) in [4.78, 5) is 11.0. The monoisotopic (exact) mass is 297 g/mol. The summed E-state index contributed by atoms with van der Waals surface area (Å²) in [6, 6.07) is 8.63. The second-order valence-electron chi connectivity index (χ2n) is 7.09. The average Bonchev–Trinajstić information content (AvgIpc) is 2.47. The van der Waals surface area contributed by atoms with Crippen LogP contribution in [0.4, 0.5) is 5.82 Å². The number of rotatable bonds is 5. The molecule has 2 heterocycles. The fourth-order valence-electron chi connectivity index (χ4n) is 2.59. The van der Waals surface area contributed by atoms with E-state index in [0.29, 0.717) is 5.92 Å². The summed E-state index contributed by atoms with van der Waals surface area (Å²) >= 11 is 0. The molecule has 2 aromatic heterocycles. The lowest BCUT2D eigenvalue weighted by atomic mass is 9.80. The lowest BCUT2D eigenvalue weighted by molar-refractivity contribution is 0.514. The first kappa shape index (κ1) is 16.5. The van der Waals surface area contributed by atoms with Crippen LogP contribution in [0.2, 0.25) is 0 Å². The molecule has 3 heteroatoms. The van der Waals surface area contributed by atoms with Gasteiger partial charge in [0.15, 0.2) is 0 Å². The van der Waals surface area contributed by atoms with E-state index in [4.69, 9.17) is 0 Å². The van der Waals surface area contributed by atoms with Crippen LogP contribution in [0.5, 0.6) is 0 Å². The maximum Gasteiger partial charge on any atom is 0.128 e. The largest absolute Gasteiger partial charge is 0.363 e. The molecule has 118 valence electrons. The molecule has 2 aromatic rings. The van der Waals surface area contributed by atoms with Gasteiger partial charge in [-0.05, 0) is 53.1 Å². The third-order valence-corrected chi connectivity index (χ3v) is 4.12. The third kappa shape index (κ3) is 3.85. The van der Waals surface area contributed by atoms with Gasteiger partial charge >= 0.3 is 0 Å². The normalized spacial score (nSPS) is 11.8. The van der Waals surface area contributed by atoms with Crippen molar-refractivity contribution in [3.8, 4) is 0 Å². The zero-order chi connectivity index (χ0) is 16.3. The van der Waals surface area contributed by atoms with Crippen LogP contribution in [0.25, 0.3) is 0 Å². The van der Waals surface area contributed by atoms with Gasteiger partial charge in [-0.1, -0.05) is 27.7 Å². The highest BCUT2D eigenvalue weighted by atomic mass is 15.1. The molecule has 0 fully saturated rings. The molecule has 0 spiro atoms. The Kier molecular flexibility index (Phi) is 4.84. The molecular weight excluding hydrogens is 270 g/mol. The third-order valence-electron chi connectivity index (χ3n) is 4.12. The van der Waals surface area contributed by atoms with Crippen molar-refractivity contribution in [3.05, 3.63) is 53.5 Å². The Labute approximate surface area is 134 Å². The molecule has 0 atom stereocenters. The molecular formula is C19H27N3.